The molecule has 2 aromatic carbocycles. The van der Waals surface area contributed by atoms with Crippen molar-refractivity contribution < 1.29 is 23.6 Å². The molecule has 13 heteroatoms. The van der Waals surface area contributed by atoms with Gasteiger partial charge in [-0.3, -0.25) is 4.79 Å². The minimum Gasteiger partial charge on any atom is -0.495 e. The van der Waals surface area contributed by atoms with E-state index in [0.717, 1.165) is 6.08 Å². The Morgan fingerprint density at radius 2 is 1.73 bits per heavy atom. The molecule has 1 aromatic heterocycles. The minimum atomic E-state index is -2.60. The normalized spacial score (nSPS) is 11.4. The second-order valence-corrected chi connectivity index (χ2v) is 15.4. The molecule has 4 N–H and O–H groups in total. The maximum Gasteiger partial charge on any atom is 0.408 e. The van der Waals surface area contributed by atoms with Crippen LogP contribution in [0.1, 0.15) is 40.2 Å². The third-order valence-corrected chi connectivity index (χ3v) is 7.66. The highest BCUT2D eigenvalue weighted by molar-refractivity contribution is 7.70. The van der Waals surface area contributed by atoms with Gasteiger partial charge in [0, 0.05) is 11.4 Å². The number of carbonyl (C=O) groups excluding carboxylic acids is 2. The summed E-state index contributed by atoms with van der Waals surface area (Å²) in [5, 5.41) is 12.6. The van der Waals surface area contributed by atoms with Gasteiger partial charge in [-0.1, -0.05) is 42.2 Å². The molecular weight excluding hydrogens is 615 g/mol. The van der Waals surface area contributed by atoms with E-state index in [-0.39, 0.29) is 16.8 Å². The van der Waals surface area contributed by atoms with Gasteiger partial charge in [0.25, 0.3) is 0 Å². The second-order valence-electron chi connectivity index (χ2n) is 11.8. The molecule has 3 aromatic rings. The van der Waals surface area contributed by atoms with Crippen molar-refractivity contribution in [1.82, 2.24) is 15.3 Å². The Hall–Kier alpha value is -4.52. The predicted octanol–water partition coefficient (Wildman–Crippen LogP) is 6.65. The number of alkyl carbamates (subject to hydrolysis) is 1. The third kappa shape index (κ3) is 10.3. The number of hydrogen-bond acceptors (Lipinski definition) is 9. The van der Waals surface area contributed by atoms with Gasteiger partial charge < -0.3 is 35.3 Å². The quantitative estimate of drug-likeness (QED) is 0.113. The van der Waals surface area contributed by atoms with Gasteiger partial charge >= 0.3 is 6.09 Å². The standard InChI is InChI=1S/C32H38ClN6O5P/c1-10-27(40)35-23-18-24(25(43-7)17-20(23)15-16-32(5,6)39-30(41)44-31(2,3)4)37-29-34-19-21(33)28(38-29)36-22-13-11-12-14-26(22)45(8,9)42/h10-14,17-19H,1H2,2-9H3,(H,35,40)(H,39,41)(H2,34,36,37,38). The van der Waals surface area contributed by atoms with Gasteiger partial charge in [0.2, 0.25) is 11.9 Å². The van der Waals surface area contributed by atoms with Gasteiger partial charge in [-0.2, -0.15) is 4.98 Å². The van der Waals surface area contributed by atoms with Crippen molar-refractivity contribution in [2.45, 2.75) is 45.8 Å². The summed E-state index contributed by atoms with van der Waals surface area (Å²) in [4.78, 5) is 33.5. The number of carbonyl (C=O) groups is 2. The number of rotatable bonds is 9. The summed E-state index contributed by atoms with van der Waals surface area (Å²) in [6.45, 7) is 15.6. The zero-order valence-electron chi connectivity index (χ0n) is 26.6. The van der Waals surface area contributed by atoms with Gasteiger partial charge in [0.15, 0.2) is 5.82 Å². The minimum absolute atomic E-state index is 0.163. The van der Waals surface area contributed by atoms with Crippen LogP contribution in [0.4, 0.5) is 33.6 Å². The van der Waals surface area contributed by atoms with E-state index in [0.29, 0.717) is 33.7 Å². The van der Waals surface area contributed by atoms with Crippen molar-refractivity contribution in [1.29, 1.82) is 0 Å². The van der Waals surface area contributed by atoms with Crippen molar-refractivity contribution in [3.05, 3.63) is 65.8 Å². The van der Waals surface area contributed by atoms with E-state index in [1.807, 2.05) is 12.1 Å². The Bertz CT molecular complexity index is 1720. The van der Waals surface area contributed by atoms with E-state index >= 15 is 0 Å². The van der Waals surface area contributed by atoms with Crippen molar-refractivity contribution in [3.63, 3.8) is 0 Å². The largest absolute Gasteiger partial charge is 0.495 e. The molecule has 11 nitrogen and oxygen atoms in total. The topological polar surface area (TPSA) is 144 Å². The first-order valence-corrected chi connectivity index (χ1v) is 16.8. The lowest BCUT2D eigenvalue weighted by atomic mass is 10.0. The van der Waals surface area contributed by atoms with E-state index in [2.05, 4.69) is 49.7 Å². The molecule has 0 saturated carbocycles. The highest BCUT2D eigenvalue weighted by atomic mass is 35.5. The van der Waals surface area contributed by atoms with Crippen molar-refractivity contribution in [2.24, 2.45) is 0 Å². The highest BCUT2D eigenvalue weighted by Gasteiger charge is 2.23. The van der Waals surface area contributed by atoms with Crippen LogP contribution in [-0.2, 0) is 14.1 Å². The van der Waals surface area contributed by atoms with E-state index < -0.39 is 30.3 Å². The Kier molecular flexibility index (Phi) is 10.9. The number of amides is 2. The molecule has 0 radical (unpaired) electrons. The summed E-state index contributed by atoms with van der Waals surface area (Å²) in [5.41, 5.74) is 0.119. The average molecular weight is 653 g/mol. The van der Waals surface area contributed by atoms with Crippen LogP contribution >= 0.6 is 18.7 Å². The SMILES string of the molecule is C=CC(=O)Nc1cc(Nc2ncc(Cl)c(Nc3ccccc3P(C)(C)=O)n2)c(OC)cc1C#CC(C)(C)NC(=O)OC(C)(C)C. The second kappa shape index (κ2) is 14.1. The van der Waals surface area contributed by atoms with Crippen LogP contribution in [0.25, 0.3) is 0 Å². The number of para-hydroxylation sites is 1. The molecule has 0 atom stereocenters. The smallest absolute Gasteiger partial charge is 0.408 e. The summed E-state index contributed by atoms with van der Waals surface area (Å²) in [6, 6.07) is 10.5. The number of hydrogen-bond donors (Lipinski definition) is 4. The van der Waals surface area contributed by atoms with Gasteiger partial charge in [-0.05, 0) is 72.2 Å². The lowest BCUT2D eigenvalue weighted by Gasteiger charge is -2.24. The van der Waals surface area contributed by atoms with Crippen LogP contribution in [-0.4, -0.2) is 53.5 Å². The number of nitrogens with zero attached hydrogens (tertiary/aromatic N) is 2. The van der Waals surface area contributed by atoms with Crippen molar-refractivity contribution >= 4 is 64.9 Å². The Morgan fingerprint density at radius 1 is 1.04 bits per heavy atom. The van der Waals surface area contributed by atoms with Gasteiger partial charge in [0.1, 0.15) is 23.5 Å². The molecule has 45 heavy (non-hydrogen) atoms. The monoisotopic (exact) mass is 652 g/mol. The Labute approximate surface area is 268 Å². The Morgan fingerprint density at radius 3 is 2.36 bits per heavy atom. The van der Waals surface area contributed by atoms with Crippen LogP contribution in [0.15, 0.2) is 55.3 Å². The molecule has 2 amide bonds. The van der Waals surface area contributed by atoms with Crippen LogP contribution in [0.5, 0.6) is 5.75 Å². The molecule has 0 saturated heterocycles. The molecule has 0 unspecified atom stereocenters. The number of methoxy groups -OCH3 is 1. The molecule has 0 aliphatic carbocycles. The summed E-state index contributed by atoms with van der Waals surface area (Å²) >= 11 is 6.41. The Balaban J connectivity index is 1.99. The maximum atomic E-state index is 12.8. The fourth-order valence-electron chi connectivity index (χ4n) is 3.86. The molecule has 0 bridgehead atoms. The zero-order chi connectivity index (χ0) is 33.6. The predicted molar refractivity (Wildman–Crippen MR) is 181 cm³/mol. The van der Waals surface area contributed by atoms with Gasteiger partial charge in [-0.15, -0.1) is 0 Å². The molecule has 238 valence electrons. The molecule has 0 fully saturated rings. The van der Waals surface area contributed by atoms with Crippen LogP contribution in [0, 0.1) is 11.8 Å². The van der Waals surface area contributed by atoms with Crippen molar-refractivity contribution in [2.75, 3.05) is 36.4 Å². The van der Waals surface area contributed by atoms with E-state index in [9.17, 15) is 14.2 Å². The number of ether oxygens (including phenoxy) is 2. The molecular formula is C32H38ClN6O5P. The van der Waals surface area contributed by atoms with E-state index in [4.69, 9.17) is 21.1 Å². The van der Waals surface area contributed by atoms with Crippen LogP contribution in [0.3, 0.4) is 0 Å². The number of anilines is 5. The molecule has 1 heterocycles. The van der Waals surface area contributed by atoms with Gasteiger partial charge in [-0.25, -0.2) is 9.78 Å². The first kappa shape index (κ1) is 35.0. The van der Waals surface area contributed by atoms with Crippen molar-refractivity contribution in [3.8, 4) is 17.6 Å². The van der Waals surface area contributed by atoms with E-state index in [1.54, 1.807) is 72.2 Å². The lowest BCUT2D eigenvalue weighted by Crippen LogP contribution is -2.44. The first-order valence-electron chi connectivity index (χ1n) is 13.8. The summed E-state index contributed by atoms with van der Waals surface area (Å²) < 4.78 is 23.8. The van der Waals surface area contributed by atoms with Crippen LogP contribution in [0.2, 0.25) is 5.02 Å². The summed E-state index contributed by atoms with van der Waals surface area (Å²) in [7, 11) is -1.12. The fraction of sp³-hybridized carbons (Fsp3) is 0.312. The van der Waals surface area contributed by atoms with E-state index in [1.165, 1.54) is 13.3 Å². The molecule has 3 rings (SSSR count). The molecule has 0 aliphatic rings. The first-order chi connectivity index (χ1) is 20.9. The summed E-state index contributed by atoms with van der Waals surface area (Å²) in [6.07, 6.45) is 1.94. The van der Waals surface area contributed by atoms with Gasteiger partial charge in [0.05, 0.1) is 41.5 Å². The fourth-order valence-corrected chi connectivity index (χ4v) is 5.16. The highest BCUT2D eigenvalue weighted by Crippen LogP contribution is 2.39. The number of benzene rings is 2. The molecule has 0 aliphatic heterocycles. The third-order valence-electron chi connectivity index (χ3n) is 5.83. The lowest BCUT2D eigenvalue weighted by molar-refractivity contribution is -0.111. The number of aromatic nitrogens is 2. The zero-order valence-corrected chi connectivity index (χ0v) is 28.2. The number of halogens is 1. The summed E-state index contributed by atoms with van der Waals surface area (Å²) in [5.74, 6) is 6.39. The number of nitrogens with one attached hydrogen (secondary N) is 4. The maximum absolute atomic E-state index is 12.8. The average Bonchev–Trinajstić information content (AvgIpc) is 2.92. The van der Waals surface area contributed by atoms with Crippen LogP contribution < -0.4 is 31.3 Å². The molecule has 0 spiro atoms.